The van der Waals surface area contributed by atoms with Crippen LogP contribution in [0.3, 0.4) is 0 Å². The number of ether oxygens (including phenoxy) is 1. The molecule has 2 heterocycles. The molecule has 2 nitrogen and oxygen atoms in total. The summed E-state index contributed by atoms with van der Waals surface area (Å²) in [5.74, 6) is 0. The summed E-state index contributed by atoms with van der Waals surface area (Å²) in [5, 5.41) is 3.40. The molecule has 0 atom stereocenters. The fourth-order valence-electron chi connectivity index (χ4n) is 2.78. The molecular weight excluding hydrogens is 222 g/mol. The molecule has 0 amide bonds. The van der Waals surface area contributed by atoms with Crippen molar-refractivity contribution in [1.82, 2.24) is 5.32 Å². The van der Waals surface area contributed by atoms with Crippen LogP contribution in [0.5, 0.6) is 0 Å². The van der Waals surface area contributed by atoms with Gasteiger partial charge in [-0.25, -0.2) is 0 Å². The maximum atomic E-state index is 6.07. The Morgan fingerprint density at radius 2 is 2.00 bits per heavy atom. The Morgan fingerprint density at radius 3 is 2.75 bits per heavy atom. The quantitative estimate of drug-likeness (QED) is 0.751. The first-order chi connectivity index (χ1) is 7.30. The van der Waals surface area contributed by atoms with Gasteiger partial charge in [0, 0.05) is 0 Å². The molecule has 0 unspecified atom stereocenters. The van der Waals surface area contributed by atoms with Gasteiger partial charge in [0.1, 0.15) is 0 Å². The van der Waals surface area contributed by atoms with E-state index >= 15 is 0 Å². The van der Waals surface area contributed by atoms with Gasteiger partial charge in [0.15, 0.2) is 0 Å². The predicted octanol–water partition coefficient (Wildman–Crippen LogP) is 2.53. The summed E-state index contributed by atoms with van der Waals surface area (Å²) in [6, 6.07) is 6.72. The molecule has 1 spiro atoms. The standard InChI is InChI=1S/C13H17NO.ClH/c1-10-2-3-11-9-15-13(12(11)8-10)4-6-14-7-5-13;/h2-3,8,14H,4-7,9H2,1H3;1H. The molecule has 88 valence electrons. The van der Waals surface area contributed by atoms with Crippen molar-refractivity contribution < 1.29 is 4.74 Å². The molecule has 1 N–H and O–H groups in total. The van der Waals surface area contributed by atoms with Crippen molar-refractivity contribution >= 4 is 12.4 Å². The summed E-state index contributed by atoms with van der Waals surface area (Å²) in [6.07, 6.45) is 2.23. The highest BCUT2D eigenvalue weighted by molar-refractivity contribution is 5.85. The first-order valence-electron chi connectivity index (χ1n) is 5.75. The minimum Gasteiger partial charge on any atom is -0.365 e. The minimum absolute atomic E-state index is 0. The van der Waals surface area contributed by atoms with E-state index < -0.39 is 0 Å². The predicted molar refractivity (Wildman–Crippen MR) is 67.0 cm³/mol. The summed E-state index contributed by atoms with van der Waals surface area (Å²) in [5.41, 5.74) is 4.22. The van der Waals surface area contributed by atoms with Crippen LogP contribution in [0.4, 0.5) is 0 Å². The molecule has 2 aliphatic rings. The molecule has 0 bridgehead atoms. The maximum absolute atomic E-state index is 6.07. The van der Waals surface area contributed by atoms with Crippen molar-refractivity contribution in [2.24, 2.45) is 0 Å². The summed E-state index contributed by atoms with van der Waals surface area (Å²) in [7, 11) is 0. The summed E-state index contributed by atoms with van der Waals surface area (Å²) in [4.78, 5) is 0. The van der Waals surface area contributed by atoms with Gasteiger partial charge in [-0.1, -0.05) is 23.8 Å². The number of nitrogens with one attached hydrogen (secondary N) is 1. The van der Waals surface area contributed by atoms with Gasteiger partial charge in [0.05, 0.1) is 12.2 Å². The monoisotopic (exact) mass is 239 g/mol. The lowest BCUT2D eigenvalue weighted by molar-refractivity contribution is -0.0590. The molecule has 16 heavy (non-hydrogen) atoms. The van der Waals surface area contributed by atoms with E-state index in [-0.39, 0.29) is 18.0 Å². The van der Waals surface area contributed by atoms with Crippen molar-refractivity contribution in [3.8, 4) is 0 Å². The summed E-state index contributed by atoms with van der Waals surface area (Å²) < 4.78 is 6.07. The minimum atomic E-state index is 0. The van der Waals surface area contributed by atoms with Crippen molar-refractivity contribution in [3.05, 3.63) is 34.9 Å². The average Bonchev–Trinajstić information content (AvgIpc) is 2.59. The molecule has 0 aliphatic carbocycles. The molecule has 1 aromatic rings. The highest BCUT2D eigenvalue weighted by Crippen LogP contribution is 2.42. The fourth-order valence-corrected chi connectivity index (χ4v) is 2.78. The van der Waals surface area contributed by atoms with Gasteiger partial charge >= 0.3 is 0 Å². The lowest BCUT2D eigenvalue weighted by Crippen LogP contribution is -2.39. The van der Waals surface area contributed by atoms with Gasteiger partial charge in [-0.3, -0.25) is 0 Å². The maximum Gasteiger partial charge on any atom is 0.0963 e. The van der Waals surface area contributed by atoms with Crippen molar-refractivity contribution in [3.63, 3.8) is 0 Å². The number of hydrogen-bond acceptors (Lipinski definition) is 2. The van der Waals surface area contributed by atoms with Crippen molar-refractivity contribution in [2.75, 3.05) is 13.1 Å². The Morgan fingerprint density at radius 1 is 1.25 bits per heavy atom. The van der Waals surface area contributed by atoms with E-state index in [0.29, 0.717) is 0 Å². The lowest BCUT2D eigenvalue weighted by Gasteiger charge is -2.34. The van der Waals surface area contributed by atoms with Crippen LogP contribution in [0, 0.1) is 6.92 Å². The summed E-state index contributed by atoms with van der Waals surface area (Å²) >= 11 is 0. The van der Waals surface area contributed by atoms with Crippen LogP contribution in [0.2, 0.25) is 0 Å². The van der Waals surface area contributed by atoms with E-state index in [4.69, 9.17) is 4.74 Å². The molecule has 2 aliphatic heterocycles. The van der Waals surface area contributed by atoms with Crippen LogP contribution in [0.25, 0.3) is 0 Å². The van der Waals surface area contributed by atoms with E-state index in [1.807, 2.05) is 0 Å². The van der Waals surface area contributed by atoms with Gasteiger partial charge < -0.3 is 10.1 Å². The van der Waals surface area contributed by atoms with E-state index in [1.165, 1.54) is 16.7 Å². The fraction of sp³-hybridized carbons (Fsp3) is 0.538. The molecule has 1 aromatic carbocycles. The van der Waals surface area contributed by atoms with Gasteiger partial charge in [0.2, 0.25) is 0 Å². The van der Waals surface area contributed by atoms with E-state index in [9.17, 15) is 0 Å². The molecule has 0 radical (unpaired) electrons. The molecular formula is C13H18ClNO. The number of halogens is 1. The SMILES string of the molecule is Cc1ccc2c(c1)C1(CCNCC1)OC2.Cl. The van der Waals surface area contributed by atoms with Gasteiger partial charge in [0.25, 0.3) is 0 Å². The number of hydrogen-bond donors (Lipinski definition) is 1. The Labute approximate surface area is 103 Å². The number of rotatable bonds is 0. The second-order valence-corrected chi connectivity index (χ2v) is 4.69. The zero-order valence-corrected chi connectivity index (χ0v) is 10.4. The second kappa shape index (κ2) is 4.36. The number of benzene rings is 1. The number of piperidine rings is 1. The zero-order chi connectivity index (χ0) is 10.3. The van der Waals surface area contributed by atoms with Crippen LogP contribution in [0.1, 0.15) is 29.5 Å². The van der Waals surface area contributed by atoms with Gasteiger partial charge in [-0.15, -0.1) is 12.4 Å². The Bertz CT molecular complexity index is 380. The van der Waals surface area contributed by atoms with Crippen LogP contribution in [-0.4, -0.2) is 13.1 Å². The van der Waals surface area contributed by atoms with Crippen LogP contribution in [-0.2, 0) is 16.9 Å². The van der Waals surface area contributed by atoms with E-state index in [2.05, 4.69) is 30.4 Å². The van der Waals surface area contributed by atoms with Crippen molar-refractivity contribution in [2.45, 2.75) is 32.0 Å². The second-order valence-electron chi connectivity index (χ2n) is 4.69. The largest absolute Gasteiger partial charge is 0.365 e. The van der Waals surface area contributed by atoms with E-state index in [1.54, 1.807) is 0 Å². The third-order valence-corrected chi connectivity index (χ3v) is 3.67. The third-order valence-electron chi connectivity index (χ3n) is 3.67. The third kappa shape index (κ3) is 1.75. The average molecular weight is 240 g/mol. The topological polar surface area (TPSA) is 21.3 Å². The van der Waals surface area contributed by atoms with Gasteiger partial charge in [-0.2, -0.15) is 0 Å². The molecule has 3 rings (SSSR count). The molecule has 0 saturated carbocycles. The Hall–Kier alpha value is -0.570. The zero-order valence-electron chi connectivity index (χ0n) is 9.58. The Balaban J connectivity index is 0.000000963. The molecule has 1 saturated heterocycles. The van der Waals surface area contributed by atoms with Crippen LogP contribution in [0.15, 0.2) is 18.2 Å². The van der Waals surface area contributed by atoms with E-state index in [0.717, 1.165) is 32.5 Å². The highest BCUT2D eigenvalue weighted by atomic mass is 35.5. The van der Waals surface area contributed by atoms with Crippen LogP contribution >= 0.6 is 12.4 Å². The van der Waals surface area contributed by atoms with Gasteiger partial charge in [-0.05, 0) is 44.0 Å². The lowest BCUT2D eigenvalue weighted by atomic mass is 9.84. The number of aryl methyl sites for hydroxylation is 1. The van der Waals surface area contributed by atoms with Crippen LogP contribution < -0.4 is 5.32 Å². The molecule has 0 aromatic heterocycles. The number of fused-ring (bicyclic) bond motifs is 2. The molecule has 3 heteroatoms. The smallest absolute Gasteiger partial charge is 0.0963 e. The first-order valence-corrected chi connectivity index (χ1v) is 5.75. The normalized spacial score (nSPS) is 21.6. The summed E-state index contributed by atoms with van der Waals surface area (Å²) in [6.45, 7) is 5.11. The first kappa shape index (κ1) is 11.9. The molecule has 1 fully saturated rings. The highest BCUT2D eigenvalue weighted by Gasteiger charge is 2.40. The Kier molecular flexibility index (Phi) is 3.24. The van der Waals surface area contributed by atoms with Crippen molar-refractivity contribution in [1.29, 1.82) is 0 Å².